The second-order valence-corrected chi connectivity index (χ2v) is 7.12. The molecule has 0 fully saturated rings. The van der Waals surface area contributed by atoms with E-state index in [4.69, 9.17) is 0 Å². The maximum absolute atomic E-state index is 13.4. The lowest BCUT2D eigenvalue weighted by atomic mass is 9.86. The van der Waals surface area contributed by atoms with Crippen LogP contribution in [-0.4, -0.2) is 31.8 Å². The molecule has 1 aliphatic carbocycles. The van der Waals surface area contributed by atoms with Gasteiger partial charge in [0.2, 0.25) is 0 Å². The summed E-state index contributed by atoms with van der Waals surface area (Å²) in [6, 6.07) is 13.7. The molecule has 1 aromatic carbocycles. The summed E-state index contributed by atoms with van der Waals surface area (Å²) in [7, 11) is 0. The van der Waals surface area contributed by atoms with E-state index >= 15 is 0 Å². The van der Waals surface area contributed by atoms with Crippen LogP contribution in [0.4, 0.5) is 0 Å². The van der Waals surface area contributed by atoms with Gasteiger partial charge in [0.05, 0.1) is 6.04 Å². The van der Waals surface area contributed by atoms with E-state index < -0.39 is 0 Å². The molecule has 1 amide bonds. The van der Waals surface area contributed by atoms with Crippen molar-refractivity contribution in [3.63, 3.8) is 0 Å². The maximum atomic E-state index is 13.4. The molecule has 0 bridgehead atoms. The molecule has 1 unspecified atom stereocenters. The Morgan fingerprint density at radius 3 is 2.82 bits per heavy atom. The first-order chi connectivity index (χ1) is 13.6. The summed E-state index contributed by atoms with van der Waals surface area (Å²) in [4.78, 5) is 31.1. The van der Waals surface area contributed by atoms with E-state index in [0.29, 0.717) is 12.2 Å². The van der Waals surface area contributed by atoms with Gasteiger partial charge in [-0.1, -0.05) is 30.3 Å². The number of aryl methyl sites for hydroxylation is 1. The van der Waals surface area contributed by atoms with Crippen LogP contribution in [0.5, 0.6) is 0 Å². The molecule has 142 valence electrons. The number of pyridine rings is 1. The topological polar surface area (TPSA) is 79.0 Å². The van der Waals surface area contributed by atoms with Crippen LogP contribution < -0.4 is 0 Å². The number of nitrogens with zero attached hydrogens (tertiary/aromatic N) is 3. The Morgan fingerprint density at radius 1 is 1.21 bits per heavy atom. The van der Waals surface area contributed by atoms with Crippen molar-refractivity contribution < 1.29 is 9.59 Å². The first-order valence-electron chi connectivity index (χ1n) is 9.47. The van der Waals surface area contributed by atoms with E-state index in [1.165, 1.54) is 24.1 Å². The lowest BCUT2D eigenvalue weighted by Crippen LogP contribution is -2.36. The van der Waals surface area contributed by atoms with Crippen molar-refractivity contribution in [1.29, 1.82) is 0 Å². The zero-order valence-electron chi connectivity index (χ0n) is 15.8. The summed E-state index contributed by atoms with van der Waals surface area (Å²) < 4.78 is 0. The van der Waals surface area contributed by atoms with E-state index in [1.807, 2.05) is 29.2 Å². The summed E-state index contributed by atoms with van der Waals surface area (Å²) in [5.74, 6) is -0.331. The molecule has 0 saturated carbocycles. The summed E-state index contributed by atoms with van der Waals surface area (Å²) >= 11 is 0. The standard InChI is InChI=1S/C22H22N4O2/c1-15(27)19-12-20(25-24-19)22(28)26(14-16-6-5-11-23-13-16)21-10-4-8-17-7-2-3-9-18(17)21/h2-3,5-7,9,11-13,21H,4,8,10,14H2,1H3,(H,24,25). The molecular weight excluding hydrogens is 352 g/mol. The lowest BCUT2D eigenvalue weighted by molar-refractivity contribution is 0.0631. The number of amides is 1. The fourth-order valence-electron chi connectivity index (χ4n) is 3.83. The molecule has 4 rings (SSSR count). The van der Waals surface area contributed by atoms with Gasteiger partial charge in [0.25, 0.3) is 5.91 Å². The highest BCUT2D eigenvalue weighted by molar-refractivity contribution is 5.97. The van der Waals surface area contributed by atoms with Crippen LogP contribution in [0, 0.1) is 0 Å². The number of fused-ring (bicyclic) bond motifs is 1. The van der Waals surface area contributed by atoms with Gasteiger partial charge in [-0.2, -0.15) is 5.10 Å². The zero-order valence-corrected chi connectivity index (χ0v) is 15.8. The number of aromatic amines is 1. The number of H-pyrrole nitrogens is 1. The average Bonchev–Trinajstić information content (AvgIpc) is 3.23. The van der Waals surface area contributed by atoms with Crippen molar-refractivity contribution in [3.05, 3.63) is 82.9 Å². The van der Waals surface area contributed by atoms with E-state index in [1.54, 1.807) is 12.4 Å². The van der Waals surface area contributed by atoms with Crippen LogP contribution in [0.15, 0.2) is 54.9 Å². The van der Waals surface area contributed by atoms with E-state index in [2.05, 4.69) is 27.3 Å². The Bertz CT molecular complexity index is 997. The van der Waals surface area contributed by atoms with Gasteiger partial charge in [-0.3, -0.25) is 19.7 Å². The van der Waals surface area contributed by atoms with Crippen LogP contribution in [0.3, 0.4) is 0 Å². The SMILES string of the molecule is CC(=O)c1cc(C(=O)N(Cc2cccnc2)C2CCCc3ccccc32)[nH]n1. The highest BCUT2D eigenvalue weighted by atomic mass is 16.2. The molecule has 6 heteroatoms. The molecule has 6 nitrogen and oxygen atoms in total. The highest BCUT2D eigenvalue weighted by Gasteiger charge is 2.31. The zero-order chi connectivity index (χ0) is 19.5. The van der Waals surface area contributed by atoms with Crippen molar-refractivity contribution in [3.8, 4) is 0 Å². The third-order valence-electron chi connectivity index (χ3n) is 5.22. The predicted molar refractivity (Wildman–Crippen MR) is 105 cm³/mol. The largest absolute Gasteiger partial charge is 0.326 e. The number of aromatic nitrogens is 3. The minimum Gasteiger partial charge on any atom is -0.326 e. The highest BCUT2D eigenvalue weighted by Crippen LogP contribution is 2.35. The molecule has 28 heavy (non-hydrogen) atoms. The molecule has 1 N–H and O–H groups in total. The second-order valence-electron chi connectivity index (χ2n) is 7.12. The Hall–Kier alpha value is -3.28. The van der Waals surface area contributed by atoms with Crippen LogP contribution >= 0.6 is 0 Å². The number of benzene rings is 1. The summed E-state index contributed by atoms with van der Waals surface area (Å²) in [6.45, 7) is 1.88. The number of rotatable bonds is 5. The predicted octanol–water partition coefficient (Wildman–Crippen LogP) is 3.73. The van der Waals surface area contributed by atoms with Crippen molar-refractivity contribution in [2.24, 2.45) is 0 Å². The first kappa shape index (κ1) is 18.1. The lowest BCUT2D eigenvalue weighted by Gasteiger charge is -2.35. The Kier molecular flexibility index (Phi) is 5.02. The Balaban J connectivity index is 1.72. The van der Waals surface area contributed by atoms with Gasteiger partial charge >= 0.3 is 0 Å². The van der Waals surface area contributed by atoms with E-state index in [9.17, 15) is 9.59 Å². The summed E-state index contributed by atoms with van der Waals surface area (Å²) in [5, 5.41) is 6.72. The number of nitrogens with one attached hydrogen (secondary N) is 1. The van der Waals surface area contributed by atoms with Gasteiger partial charge in [0.1, 0.15) is 11.4 Å². The third kappa shape index (κ3) is 3.58. The van der Waals surface area contributed by atoms with Gasteiger partial charge in [0.15, 0.2) is 5.78 Å². The monoisotopic (exact) mass is 374 g/mol. The number of ketones is 1. The molecule has 0 radical (unpaired) electrons. The fraction of sp³-hybridized carbons (Fsp3) is 0.273. The minimum absolute atomic E-state index is 0.0262. The number of hydrogen-bond acceptors (Lipinski definition) is 4. The normalized spacial score (nSPS) is 15.7. The molecule has 0 saturated heterocycles. The van der Waals surface area contributed by atoms with Gasteiger partial charge in [0, 0.05) is 25.9 Å². The van der Waals surface area contributed by atoms with E-state index in [0.717, 1.165) is 24.8 Å². The van der Waals surface area contributed by atoms with Crippen molar-refractivity contribution >= 4 is 11.7 Å². The molecule has 1 aliphatic rings. The van der Waals surface area contributed by atoms with Gasteiger partial charge < -0.3 is 4.90 Å². The molecule has 2 aromatic heterocycles. The van der Waals surface area contributed by atoms with Crippen molar-refractivity contribution in [1.82, 2.24) is 20.1 Å². The quantitative estimate of drug-likeness (QED) is 0.690. The Morgan fingerprint density at radius 2 is 2.07 bits per heavy atom. The number of carbonyl (C=O) groups excluding carboxylic acids is 2. The number of carbonyl (C=O) groups is 2. The number of Topliss-reactive ketones (excluding diaryl/α,β-unsaturated/α-hetero) is 1. The average molecular weight is 374 g/mol. The van der Waals surface area contributed by atoms with Crippen molar-refractivity contribution in [2.75, 3.05) is 0 Å². The maximum Gasteiger partial charge on any atom is 0.272 e. The first-order valence-corrected chi connectivity index (χ1v) is 9.47. The smallest absolute Gasteiger partial charge is 0.272 e. The molecule has 1 atom stereocenters. The van der Waals surface area contributed by atoms with Crippen LogP contribution in [0.1, 0.15) is 63.5 Å². The fourth-order valence-corrected chi connectivity index (χ4v) is 3.83. The molecule has 0 aliphatic heterocycles. The second kappa shape index (κ2) is 7.76. The molecule has 2 heterocycles. The Labute approximate surface area is 163 Å². The van der Waals surface area contributed by atoms with E-state index in [-0.39, 0.29) is 23.4 Å². The van der Waals surface area contributed by atoms with Crippen LogP contribution in [-0.2, 0) is 13.0 Å². The van der Waals surface area contributed by atoms with Crippen molar-refractivity contribution in [2.45, 2.75) is 38.8 Å². The van der Waals surface area contributed by atoms with Crippen LogP contribution in [0.2, 0.25) is 0 Å². The minimum atomic E-state index is -0.169. The van der Waals surface area contributed by atoms with Crippen LogP contribution in [0.25, 0.3) is 0 Å². The summed E-state index contributed by atoms with van der Waals surface area (Å²) in [5.41, 5.74) is 4.05. The third-order valence-corrected chi connectivity index (χ3v) is 5.22. The molecular formula is C22H22N4O2. The van der Waals surface area contributed by atoms with Gasteiger partial charge in [-0.05, 0) is 48.1 Å². The van der Waals surface area contributed by atoms with Gasteiger partial charge in [-0.15, -0.1) is 0 Å². The molecule has 3 aromatic rings. The summed E-state index contributed by atoms with van der Waals surface area (Å²) in [6.07, 6.45) is 6.46. The van der Waals surface area contributed by atoms with Gasteiger partial charge in [-0.25, -0.2) is 0 Å². The molecule has 0 spiro atoms. The number of hydrogen-bond donors (Lipinski definition) is 1.